The van der Waals surface area contributed by atoms with E-state index in [4.69, 9.17) is 4.74 Å². The van der Waals surface area contributed by atoms with E-state index in [1.165, 1.54) is 0 Å². The van der Waals surface area contributed by atoms with Crippen LogP contribution in [0.2, 0.25) is 0 Å². The van der Waals surface area contributed by atoms with Crippen molar-refractivity contribution in [2.24, 2.45) is 5.92 Å². The molecule has 0 bridgehead atoms. The van der Waals surface area contributed by atoms with Crippen LogP contribution in [0.1, 0.15) is 45.6 Å². The van der Waals surface area contributed by atoms with E-state index in [1.807, 2.05) is 48.5 Å². The lowest BCUT2D eigenvalue weighted by molar-refractivity contribution is -0.129. The molecule has 0 saturated heterocycles. The van der Waals surface area contributed by atoms with Crippen molar-refractivity contribution in [1.82, 2.24) is 10.2 Å². The zero-order valence-electron chi connectivity index (χ0n) is 19.8. The first-order chi connectivity index (χ1) is 15.6. The van der Waals surface area contributed by atoms with Gasteiger partial charge >= 0.3 is 6.09 Å². The van der Waals surface area contributed by atoms with Crippen LogP contribution < -0.4 is 10.6 Å². The summed E-state index contributed by atoms with van der Waals surface area (Å²) >= 11 is 0. The summed E-state index contributed by atoms with van der Waals surface area (Å²) in [4.78, 5) is 37.8. The summed E-state index contributed by atoms with van der Waals surface area (Å²) in [5.41, 5.74) is 3.22. The molecule has 2 N–H and O–H groups in total. The van der Waals surface area contributed by atoms with E-state index < -0.39 is 11.7 Å². The van der Waals surface area contributed by atoms with Crippen LogP contribution in [0, 0.1) is 5.92 Å². The van der Waals surface area contributed by atoms with Crippen LogP contribution in [0.15, 0.2) is 48.5 Å². The van der Waals surface area contributed by atoms with Crippen LogP contribution in [0.5, 0.6) is 0 Å². The molecule has 1 fully saturated rings. The number of anilines is 1. The van der Waals surface area contributed by atoms with Crippen molar-refractivity contribution in [3.63, 3.8) is 0 Å². The molecule has 7 heteroatoms. The van der Waals surface area contributed by atoms with E-state index in [-0.39, 0.29) is 24.3 Å². The van der Waals surface area contributed by atoms with Gasteiger partial charge in [-0.15, -0.1) is 0 Å². The number of likely N-dealkylation sites (N-methyl/N-ethyl adjacent to an activating group) is 1. The Morgan fingerprint density at radius 3 is 2.33 bits per heavy atom. The molecule has 1 aliphatic rings. The summed E-state index contributed by atoms with van der Waals surface area (Å²) in [5, 5.41) is 5.48. The van der Waals surface area contributed by atoms with Crippen LogP contribution in [-0.4, -0.2) is 42.0 Å². The van der Waals surface area contributed by atoms with Gasteiger partial charge in [0.2, 0.25) is 11.8 Å². The lowest BCUT2D eigenvalue weighted by Crippen LogP contribution is -2.40. The molecule has 3 rings (SSSR count). The van der Waals surface area contributed by atoms with Gasteiger partial charge in [-0.1, -0.05) is 36.8 Å². The molecule has 0 aromatic heterocycles. The van der Waals surface area contributed by atoms with Crippen molar-refractivity contribution in [3.05, 3.63) is 54.1 Å². The fraction of sp³-hybridized carbons (Fsp3) is 0.423. The van der Waals surface area contributed by atoms with Crippen molar-refractivity contribution in [2.45, 2.75) is 52.2 Å². The Balaban J connectivity index is 1.55. The highest BCUT2D eigenvalue weighted by Gasteiger charge is 2.25. The summed E-state index contributed by atoms with van der Waals surface area (Å²) < 4.78 is 5.16. The molecule has 0 spiro atoms. The molecule has 0 radical (unpaired) electrons. The van der Waals surface area contributed by atoms with E-state index in [1.54, 1.807) is 32.7 Å². The minimum absolute atomic E-state index is 0.102. The number of hydrogen-bond acceptors (Lipinski definition) is 4. The summed E-state index contributed by atoms with van der Waals surface area (Å²) in [5.74, 6) is 0.0445. The molecule has 0 atom stereocenters. The van der Waals surface area contributed by atoms with Crippen molar-refractivity contribution >= 4 is 23.6 Å². The Morgan fingerprint density at radius 2 is 1.73 bits per heavy atom. The topological polar surface area (TPSA) is 87.7 Å². The fourth-order valence-corrected chi connectivity index (χ4v) is 3.47. The Morgan fingerprint density at radius 1 is 1.03 bits per heavy atom. The molecule has 1 aliphatic carbocycles. The first kappa shape index (κ1) is 24.3. The molecule has 176 valence electrons. The summed E-state index contributed by atoms with van der Waals surface area (Å²) in [6, 6.07) is 15.7. The van der Waals surface area contributed by atoms with E-state index in [0.29, 0.717) is 6.54 Å². The highest BCUT2D eigenvalue weighted by Crippen LogP contribution is 2.28. The number of hydrogen-bond donors (Lipinski definition) is 2. The van der Waals surface area contributed by atoms with Gasteiger partial charge in [0.05, 0.1) is 0 Å². The second-order valence-electron chi connectivity index (χ2n) is 9.50. The number of rotatable bonds is 7. The number of benzene rings is 2. The second-order valence-corrected chi connectivity index (χ2v) is 9.50. The van der Waals surface area contributed by atoms with Crippen LogP contribution >= 0.6 is 0 Å². The van der Waals surface area contributed by atoms with Crippen molar-refractivity contribution in [3.8, 4) is 11.1 Å². The maximum Gasteiger partial charge on any atom is 0.408 e. The van der Waals surface area contributed by atoms with Gasteiger partial charge in [-0.2, -0.15) is 0 Å². The smallest absolute Gasteiger partial charge is 0.408 e. The molecule has 0 aliphatic heterocycles. The number of carbonyl (C=O) groups is 3. The summed E-state index contributed by atoms with van der Waals surface area (Å²) in [7, 11) is 1.70. The molecule has 2 aromatic rings. The molecule has 0 unspecified atom stereocenters. The van der Waals surface area contributed by atoms with Crippen LogP contribution in [0.3, 0.4) is 0 Å². The van der Waals surface area contributed by atoms with E-state index in [0.717, 1.165) is 41.6 Å². The van der Waals surface area contributed by atoms with E-state index in [2.05, 4.69) is 10.6 Å². The highest BCUT2D eigenvalue weighted by molar-refractivity contribution is 5.93. The maximum atomic E-state index is 12.4. The first-order valence-electron chi connectivity index (χ1n) is 11.3. The van der Waals surface area contributed by atoms with Crippen molar-refractivity contribution in [2.75, 3.05) is 18.9 Å². The monoisotopic (exact) mass is 451 g/mol. The predicted octanol–water partition coefficient (Wildman–Crippen LogP) is 4.58. The molecular weight excluding hydrogens is 418 g/mol. The third-order valence-electron chi connectivity index (χ3n) is 5.52. The standard InChI is InChI=1S/C26H33N3O4/c1-26(2,3)33-25(32)27-16-23(30)29(4)17-18-7-5-10-21(15-18)19-11-13-22(14-12-19)28-24(31)20-8-6-9-20/h5,7,10-15,20H,6,8-9,16-17H2,1-4H3,(H,27,32)(H,28,31). The average Bonchev–Trinajstić information content (AvgIpc) is 2.70. The van der Waals surface area contributed by atoms with Gasteiger partial charge in [-0.05, 0) is 68.5 Å². The van der Waals surface area contributed by atoms with E-state index in [9.17, 15) is 14.4 Å². The maximum absolute atomic E-state index is 12.4. The van der Waals surface area contributed by atoms with Crippen molar-refractivity contribution in [1.29, 1.82) is 0 Å². The van der Waals surface area contributed by atoms with Crippen LogP contribution in [0.25, 0.3) is 11.1 Å². The van der Waals surface area contributed by atoms with Gasteiger partial charge < -0.3 is 20.3 Å². The lowest BCUT2D eigenvalue weighted by Gasteiger charge is -2.24. The minimum atomic E-state index is -0.612. The highest BCUT2D eigenvalue weighted by atomic mass is 16.6. The Labute approximate surface area is 195 Å². The predicted molar refractivity (Wildman–Crippen MR) is 129 cm³/mol. The largest absolute Gasteiger partial charge is 0.444 e. The first-order valence-corrected chi connectivity index (χ1v) is 11.3. The Hall–Kier alpha value is -3.35. The second kappa shape index (κ2) is 10.5. The number of alkyl carbamates (subject to hydrolysis) is 1. The lowest BCUT2D eigenvalue weighted by atomic mass is 9.85. The fourth-order valence-electron chi connectivity index (χ4n) is 3.47. The van der Waals surface area contributed by atoms with Gasteiger partial charge in [0, 0.05) is 25.2 Å². The van der Waals surface area contributed by atoms with Gasteiger partial charge in [-0.25, -0.2) is 4.79 Å². The minimum Gasteiger partial charge on any atom is -0.444 e. The zero-order chi connectivity index (χ0) is 24.0. The molecule has 7 nitrogen and oxygen atoms in total. The van der Waals surface area contributed by atoms with Crippen molar-refractivity contribution < 1.29 is 19.1 Å². The number of ether oxygens (including phenoxy) is 1. The van der Waals surface area contributed by atoms with Crippen LogP contribution in [-0.2, 0) is 20.9 Å². The normalized spacial score (nSPS) is 13.6. The molecule has 33 heavy (non-hydrogen) atoms. The third kappa shape index (κ3) is 7.34. The number of carbonyl (C=O) groups excluding carboxylic acids is 3. The zero-order valence-corrected chi connectivity index (χ0v) is 19.8. The molecule has 0 heterocycles. The Kier molecular flexibility index (Phi) is 7.74. The molecular formula is C26H33N3O4. The third-order valence-corrected chi connectivity index (χ3v) is 5.52. The number of amides is 3. The molecule has 3 amide bonds. The SMILES string of the molecule is CN(Cc1cccc(-c2ccc(NC(=O)C3CCC3)cc2)c1)C(=O)CNC(=O)OC(C)(C)C. The van der Waals surface area contributed by atoms with E-state index >= 15 is 0 Å². The average molecular weight is 452 g/mol. The van der Waals surface area contributed by atoms with Gasteiger partial charge in [0.25, 0.3) is 0 Å². The number of nitrogens with one attached hydrogen (secondary N) is 2. The van der Waals surface area contributed by atoms with Crippen LogP contribution in [0.4, 0.5) is 10.5 Å². The summed E-state index contributed by atoms with van der Waals surface area (Å²) in [6.45, 7) is 5.60. The van der Waals surface area contributed by atoms with Gasteiger partial charge in [0.1, 0.15) is 12.1 Å². The summed E-state index contributed by atoms with van der Waals surface area (Å²) in [6.07, 6.45) is 2.47. The number of nitrogens with zero attached hydrogens (tertiary/aromatic N) is 1. The van der Waals surface area contributed by atoms with Gasteiger partial charge in [-0.3, -0.25) is 9.59 Å². The molecule has 1 saturated carbocycles. The van der Waals surface area contributed by atoms with Gasteiger partial charge in [0.15, 0.2) is 0 Å². The quantitative estimate of drug-likeness (QED) is 0.645. The molecule has 2 aromatic carbocycles. The Bertz CT molecular complexity index is 991.